The van der Waals surface area contributed by atoms with Crippen LogP contribution in [0.15, 0.2) is 162 Å². The quantitative estimate of drug-likeness (QED) is 0.181. The molecule has 3 aromatic heterocycles. The molecule has 10 aromatic rings. The van der Waals surface area contributed by atoms with E-state index in [4.69, 9.17) is 14.4 Å². The molecule has 0 amide bonds. The van der Waals surface area contributed by atoms with Gasteiger partial charge >= 0.3 is 0 Å². The maximum absolute atomic E-state index is 6.31. The van der Waals surface area contributed by atoms with Gasteiger partial charge in [0.25, 0.3) is 0 Å². The highest BCUT2D eigenvalue weighted by molar-refractivity contribution is 7.26. The van der Waals surface area contributed by atoms with Crippen molar-refractivity contribution in [1.29, 1.82) is 0 Å². The van der Waals surface area contributed by atoms with E-state index in [1.54, 1.807) is 16.9 Å². The fourth-order valence-electron chi connectivity index (χ4n) is 9.92. The first-order valence-electron chi connectivity index (χ1n) is 19.8. The number of furan rings is 1. The largest absolute Gasteiger partial charge is 0.456 e. The Bertz CT molecular complexity index is 3160. The van der Waals surface area contributed by atoms with Gasteiger partial charge in [0, 0.05) is 37.4 Å². The second-order valence-corrected chi connectivity index (χ2v) is 16.6. The lowest BCUT2D eigenvalue weighted by Gasteiger charge is -2.37. The third kappa shape index (κ3) is 4.75. The van der Waals surface area contributed by atoms with Gasteiger partial charge in [-0.3, -0.25) is 0 Å². The molecule has 0 aliphatic heterocycles. The Balaban J connectivity index is 0.914. The molecule has 0 saturated heterocycles. The molecule has 0 N–H and O–H groups in total. The molecule has 2 aliphatic rings. The number of nitrogens with zero attached hydrogens (tertiary/aromatic N) is 2. The zero-order valence-electron chi connectivity index (χ0n) is 30.8. The van der Waals surface area contributed by atoms with Crippen molar-refractivity contribution in [3.63, 3.8) is 0 Å². The van der Waals surface area contributed by atoms with Crippen LogP contribution in [-0.4, -0.2) is 9.97 Å². The summed E-state index contributed by atoms with van der Waals surface area (Å²) in [5.41, 5.74) is 16.8. The van der Waals surface area contributed by atoms with Crippen molar-refractivity contribution in [3.05, 3.63) is 169 Å². The lowest BCUT2D eigenvalue weighted by Crippen LogP contribution is -2.28. The molecule has 0 radical (unpaired) electrons. The van der Waals surface area contributed by atoms with Crippen LogP contribution in [0.5, 0.6) is 0 Å². The van der Waals surface area contributed by atoms with Crippen molar-refractivity contribution >= 4 is 53.6 Å². The van der Waals surface area contributed by atoms with Crippen LogP contribution < -0.4 is 0 Å². The molecule has 266 valence electrons. The fraction of sp³-hybridized carbons (Fsp3) is 0.115. The van der Waals surface area contributed by atoms with Crippen LogP contribution in [0, 0.1) is 0 Å². The normalized spacial score (nSPS) is 14.6. The van der Waals surface area contributed by atoms with Crippen molar-refractivity contribution in [2.75, 3.05) is 0 Å². The third-order valence-corrected chi connectivity index (χ3v) is 13.7. The summed E-state index contributed by atoms with van der Waals surface area (Å²) in [5.74, 6) is 0.721. The van der Waals surface area contributed by atoms with Crippen molar-refractivity contribution in [1.82, 2.24) is 9.97 Å². The van der Waals surface area contributed by atoms with Gasteiger partial charge in [-0.15, -0.1) is 11.3 Å². The summed E-state index contributed by atoms with van der Waals surface area (Å²) in [6.07, 6.45) is 6.38. The molecule has 56 heavy (non-hydrogen) atoms. The van der Waals surface area contributed by atoms with E-state index in [0.717, 1.165) is 60.2 Å². The lowest BCUT2D eigenvalue weighted by molar-refractivity contribution is 0.353. The first-order valence-corrected chi connectivity index (χ1v) is 20.6. The Morgan fingerprint density at radius 1 is 0.482 bits per heavy atom. The summed E-state index contributed by atoms with van der Waals surface area (Å²) in [6.45, 7) is 0. The monoisotopic (exact) mass is 736 g/mol. The second kappa shape index (κ2) is 12.3. The van der Waals surface area contributed by atoms with E-state index < -0.39 is 0 Å². The number of hydrogen-bond donors (Lipinski definition) is 0. The van der Waals surface area contributed by atoms with E-state index in [-0.39, 0.29) is 5.41 Å². The Morgan fingerprint density at radius 3 is 1.96 bits per heavy atom. The van der Waals surface area contributed by atoms with E-state index in [1.165, 1.54) is 75.7 Å². The van der Waals surface area contributed by atoms with E-state index >= 15 is 0 Å². The van der Waals surface area contributed by atoms with Gasteiger partial charge in [-0.05, 0) is 81.6 Å². The van der Waals surface area contributed by atoms with Gasteiger partial charge in [-0.2, -0.15) is 0 Å². The summed E-state index contributed by atoms with van der Waals surface area (Å²) in [6, 6.07) is 57.3. The average Bonchev–Trinajstić information content (AvgIpc) is 3.92. The molecular weight excluding hydrogens is 701 g/mol. The molecule has 2 aliphatic carbocycles. The van der Waals surface area contributed by atoms with Crippen LogP contribution >= 0.6 is 11.3 Å². The minimum atomic E-state index is 0.121. The Labute approximate surface area is 328 Å². The summed E-state index contributed by atoms with van der Waals surface area (Å²) in [7, 11) is 0. The Morgan fingerprint density at radius 2 is 1.12 bits per heavy atom. The van der Waals surface area contributed by atoms with Crippen molar-refractivity contribution in [2.45, 2.75) is 37.5 Å². The predicted molar refractivity (Wildman–Crippen MR) is 233 cm³/mol. The first-order chi connectivity index (χ1) is 27.7. The molecule has 1 spiro atoms. The smallest absolute Gasteiger partial charge is 0.160 e. The van der Waals surface area contributed by atoms with Crippen LogP contribution in [-0.2, 0) is 5.41 Å². The predicted octanol–water partition coefficient (Wildman–Crippen LogP) is 14.6. The number of hydrogen-bond acceptors (Lipinski definition) is 4. The topological polar surface area (TPSA) is 38.9 Å². The summed E-state index contributed by atoms with van der Waals surface area (Å²) < 4.78 is 8.60. The standard InChI is InChI=1S/C52H36N2OS/c1-8-29-52(30-9-1)43-16-5-2-11-38(43)41-15-10-14-37(47(41)52)34-23-19-32(20-24-34)33-21-25-35(26-22-33)51-53-48(50-49(54-51)42-13-4-7-18-46(42)56-50)36-27-28-40-39-12-3-6-17-44(39)55-45(40)31-36/h2-7,10-28,31H,1,8-9,29-30H2. The number of aromatic nitrogens is 2. The average molecular weight is 737 g/mol. The van der Waals surface area contributed by atoms with Crippen molar-refractivity contribution < 1.29 is 4.42 Å². The minimum Gasteiger partial charge on any atom is -0.456 e. The molecule has 0 bridgehead atoms. The number of benzene rings is 7. The van der Waals surface area contributed by atoms with E-state index in [1.807, 2.05) is 12.1 Å². The molecule has 1 saturated carbocycles. The molecule has 0 atom stereocenters. The van der Waals surface area contributed by atoms with Gasteiger partial charge in [-0.1, -0.05) is 153 Å². The lowest BCUT2D eigenvalue weighted by atomic mass is 9.66. The van der Waals surface area contributed by atoms with Gasteiger partial charge in [-0.25, -0.2) is 9.97 Å². The fourth-order valence-corrected chi connectivity index (χ4v) is 11.1. The molecule has 1 fully saturated rings. The molecule has 7 aromatic carbocycles. The van der Waals surface area contributed by atoms with Crippen LogP contribution in [0.25, 0.3) is 98.3 Å². The molecule has 3 heterocycles. The van der Waals surface area contributed by atoms with Gasteiger partial charge in [0.2, 0.25) is 0 Å². The summed E-state index contributed by atoms with van der Waals surface area (Å²) >= 11 is 1.75. The number of para-hydroxylation sites is 1. The molecule has 12 rings (SSSR count). The highest BCUT2D eigenvalue weighted by Gasteiger charge is 2.45. The molecule has 4 heteroatoms. The zero-order valence-corrected chi connectivity index (χ0v) is 31.6. The highest BCUT2D eigenvalue weighted by atomic mass is 32.1. The summed E-state index contributed by atoms with van der Waals surface area (Å²) in [4.78, 5) is 10.5. The highest BCUT2D eigenvalue weighted by Crippen LogP contribution is 2.58. The number of rotatable bonds is 4. The zero-order chi connectivity index (χ0) is 36.8. The van der Waals surface area contributed by atoms with Crippen LogP contribution in [0.4, 0.5) is 0 Å². The van der Waals surface area contributed by atoms with Crippen molar-refractivity contribution in [2.24, 2.45) is 0 Å². The third-order valence-electron chi connectivity index (χ3n) is 12.5. The minimum absolute atomic E-state index is 0.121. The van der Waals surface area contributed by atoms with Crippen molar-refractivity contribution in [3.8, 4) is 56.0 Å². The Hall–Kier alpha value is -6.36. The van der Waals surface area contributed by atoms with Crippen LogP contribution in [0.3, 0.4) is 0 Å². The molecule has 0 unspecified atom stereocenters. The van der Waals surface area contributed by atoms with Gasteiger partial charge < -0.3 is 4.42 Å². The van der Waals surface area contributed by atoms with E-state index in [9.17, 15) is 0 Å². The second-order valence-electron chi connectivity index (χ2n) is 15.6. The van der Waals surface area contributed by atoms with E-state index in [0.29, 0.717) is 0 Å². The Kier molecular flexibility index (Phi) is 7.03. The summed E-state index contributed by atoms with van der Waals surface area (Å²) in [5, 5.41) is 3.39. The molecular formula is C52H36N2OS. The number of thiophene rings is 1. The first kappa shape index (κ1) is 31.9. The van der Waals surface area contributed by atoms with Crippen LogP contribution in [0.1, 0.15) is 43.2 Å². The van der Waals surface area contributed by atoms with Crippen LogP contribution in [0.2, 0.25) is 0 Å². The maximum Gasteiger partial charge on any atom is 0.160 e. The van der Waals surface area contributed by atoms with Gasteiger partial charge in [0.05, 0.1) is 15.9 Å². The van der Waals surface area contributed by atoms with Gasteiger partial charge in [0.1, 0.15) is 11.2 Å². The number of fused-ring (bicyclic) bond motifs is 11. The van der Waals surface area contributed by atoms with E-state index in [2.05, 4.69) is 146 Å². The maximum atomic E-state index is 6.31. The molecule has 3 nitrogen and oxygen atoms in total. The van der Waals surface area contributed by atoms with Gasteiger partial charge in [0.15, 0.2) is 5.82 Å². The SMILES string of the molecule is c1ccc2c(c1)-c1cccc(-c3ccc(-c4ccc(-c5nc(-c6ccc7c(c6)oc6ccccc67)c6sc7ccccc7c6n5)cc4)cc3)c1C21CCCCC1.